The summed E-state index contributed by atoms with van der Waals surface area (Å²) in [5, 5.41) is 13.1. The van der Waals surface area contributed by atoms with Gasteiger partial charge in [0.2, 0.25) is 0 Å². The minimum absolute atomic E-state index is 0.105. The van der Waals surface area contributed by atoms with Crippen LogP contribution in [0.4, 0.5) is 0 Å². The summed E-state index contributed by atoms with van der Waals surface area (Å²) >= 11 is 3.18. The van der Waals surface area contributed by atoms with E-state index in [0.29, 0.717) is 10.0 Å². The fourth-order valence-corrected chi connectivity index (χ4v) is 2.98. The summed E-state index contributed by atoms with van der Waals surface area (Å²) in [6.07, 6.45) is 1.36. The molecule has 0 radical (unpaired) electrons. The summed E-state index contributed by atoms with van der Waals surface area (Å²) in [4.78, 5) is 2.33. The lowest BCUT2D eigenvalue weighted by Gasteiger charge is -2.06. The number of hydrogen-bond acceptors (Lipinski definition) is 4. The molecular weight excluding hydrogens is 368 g/mol. The second-order valence-corrected chi connectivity index (χ2v) is 7.33. The summed E-state index contributed by atoms with van der Waals surface area (Å²) in [5.41, 5.74) is 2.57. The highest BCUT2D eigenvalue weighted by Gasteiger charge is 2.13. The molecule has 2 aromatic carbocycles. The number of rotatable bonds is 4. The monoisotopic (exact) mass is 382 g/mol. The van der Waals surface area contributed by atoms with E-state index >= 15 is 0 Å². The molecule has 2 rings (SSSR count). The van der Waals surface area contributed by atoms with Gasteiger partial charge < -0.3 is 5.11 Å². The SMILES string of the molecule is Cc1ccc(S(=O)(=O)N/N=C/c2ccc(O)c(Br)c2)cc1C. The minimum Gasteiger partial charge on any atom is -0.507 e. The van der Waals surface area contributed by atoms with Gasteiger partial charge in [0, 0.05) is 0 Å². The number of aromatic hydroxyl groups is 1. The molecule has 5 nitrogen and oxygen atoms in total. The Morgan fingerprint density at radius 3 is 2.50 bits per heavy atom. The Bertz CT molecular complexity index is 833. The first-order valence-electron chi connectivity index (χ1n) is 6.40. The summed E-state index contributed by atoms with van der Waals surface area (Å²) in [7, 11) is -3.70. The van der Waals surface area contributed by atoms with Crippen molar-refractivity contribution in [2.45, 2.75) is 18.7 Å². The van der Waals surface area contributed by atoms with Gasteiger partial charge in [-0.3, -0.25) is 0 Å². The first kappa shape index (κ1) is 16.5. The van der Waals surface area contributed by atoms with E-state index in [0.717, 1.165) is 11.1 Å². The van der Waals surface area contributed by atoms with E-state index in [2.05, 4.69) is 25.9 Å². The van der Waals surface area contributed by atoms with Crippen LogP contribution < -0.4 is 4.83 Å². The smallest absolute Gasteiger partial charge is 0.276 e. The average molecular weight is 383 g/mol. The maximum atomic E-state index is 12.1. The predicted molar refractivity (Wildman–Crippen MR) is 89.6 cm³/mol. The molecule has 0 amide bonds. The van der Waals surface area contributed by atoms with Gasteiger partial charge in [-0.1, -0.05) is 6.07 Å². The fourth-order valence-electron chi connectivity index (χ4n) is 1.71. The van der Waals surface area contributed by atoms with E-state index < -0.39 is 10.0 Å². The third kappa shape index (κ3) is 3.86. The van der Waals surface area contributed by atoms with Crippen LogP contribution in [0.3, 0.4) is 0 Å². The van der Waals surface area contributed by atoms with Crippen molar-refractivity contribution in [3.05, 3.63) is 57.6 Å². The maximum Gasteiger partial charge on any atom is 0.276 e. The van der Waals surface area contributed by atoms with Crippen LogP contribution in [0.2, 0.25) is 0 Å². The number of nitrogens with zero attached hydrogens (tertiary/aromatic N) is 1. The van der Waals surface area contributed by atoms with E-state index in [9.17, 15) is 13.5 Å². The lowest BCUT2D eigenvalue weighted by atomic mass is 10.1. The highest BCUT2D eigenvalue weighted by Crippen LogP contribution is 2.23. The molecule has 0 fully saturated rings. The van der Waals surface area contributed by atoms with Crippen LogP contribution in [-0.2, 0) is 10.0 Å². The molecule has 22 heavy (non-hydrogen) atoms. The number of benzene rings is 2. The van der Waals surface area contributed by atoms with Crippen molar-refractivity contribution in [2.75, 3.05) is 0 Å². The zero-order chi connectivity index (χ0) is 16.3. The van der Waals surface area contributed by atoms with Gasteiger partial charge in [0.25, 0.3) is 10.0 Å². The van der Waals surface area contributed by atoms with Gasteiger partial charge >= 0.3 is 0 Å². The van der Waals surface area contributed by atoms with Gasteiger partial charge in [-0.25, -0.2) is 4.83 Å². The van der Waals surface area contributed by atoms with Gasteiger partial charge in [0.05, 0.1) is 15.6 Å². The molecule has 0 aliphatic heterocycles. The predicted octanol–water partition coefficient (Wildman–Crippen LogP) is 3.08. The zero-order valence-electron chi connectivity index (χ0n) is 12.0. The molecule has 0 heterocycles. The number of halogens is 1. The molecule has 0 aromatic heterocycles. The van der Waals surface area contributed by atoms with Crippen molar-refractivity contribution in [3.63, 3.8) is 0 Å². The van der Waals surface area contributed by atoms with E-state index in [1.165, 1.54) is 18.3 Å². The number of hydrogen-bond donors (Lipinski definition) is 2. The highest BCUT2D eigenvalue weighted by molar-refractivity contribution is 9.10. The molecule has 0 unspecified atom stereocenters. The van der Waals surface area contributed by atoms with Crippen LogP contribution >= 0.6 is 15.9 Å². The maximum absolute atomic E-state index is 12.1. The van der Waals surface area contributed by atoms with E-state index in [4.69, 9.17) is 0 Å². The van der Waals surface area contributed by atoms with Crippen molar-refractivity contribution >= 4 is 32.2 Å². The van der Waals surface area contributed by atoms with Crippen LogP contribution in [0.1, 0.15) is 16.7 Å². The van der Waals surface area contributed by atoms with Gasteiger partial charge in [-0.05, 0) is 76.8 Å². The summed E-state index contributed by atoms with van der Waals surface area (Å²) in [5.74, 6) is 0.105. The Morgan fingerprint density at radius 1 is 1.14 bits per heavy atom. The number of phenols is 1. The van der Waals surface area contributed by atoms with Crippen LogP contribution in [0.15, 0.2) is 50.9 Å². The zero-order valence-corrected chi connectivity index (χ0v) is 14.4. The standard InChI is InChI=1S/C15H15BrN2O3S/c1-10-3-5-13(7-11(10)2)22(20,21)18-17-9-12-4-6-15(19)14(16)8-12/h3-9,18-19H,1-2H3/b17-9+. The number of sulfonamides is 1. The van der Waals surface area contributed by atoms with E-state index in [1.807, 2.05) is 13.8 Å². The summed E-state index contributed by atoms with van der Waals surface area (Å²) in [6.45, 7) is 3.77. The molecular formula is C15H15BrN2O3S. The van der Waals surface area contributed by atoms with Crippen LogP contribution in [0, 0.1) is 13.8 Å². The number of nitrogens with one attached hydrogen (secondary N) is 1. The quantitative estimate of drug-likeness (QED) is 0.629. The molecule has 0 aliphatic rings. The number of aryl methyl sites for hydroxylation is 2. The van der Waals surface area contributed by atoms with Gasteiger partial charge in [0.15, 0.2) is 0 Å². The van der Waals surface area contributed by atoms with Gasteiger partial charge in [-0.2, -0.15) is 13.5 Å². The summed E-state index contributed by atoms with van der Waals surface area (Å²) < 4.78 is 24.8. The lowest BCUT2D eigenvalue weighted by Crippen LogP contribution is -2.18. The largest absolute Gasteiger partial charge is 0.507 e. The van der Waals surface area contributed by atoms with Crippen LogP contribution in [-0.4, -0.2) is 19.7 Å². The molecule has 0 bridgehead atoms. The topological polar surface area (TPSA) is 78.8 Å². The van der Waals surface area contributed by atoms with Crippen molar-refractivity contribution in [2.24, 2.45) is 5.10 Å². The third-order valence-corrected chi connectivity index (χ3v) is 5.00. The minimum atomic E-state index is -3.70. The Labute approximate surface area is 137 Å². The summed E-state index contributed by atoms with van der Waals surface area (Å²) in [6, 6.07) is 9.63. The number of phenolic OH excluding ortho intramolecular Hbond substituents is 1. The van der Waals surface area contributed by atoms with Crippen molar-refractivity contribution < 1.29 is 13.5 Å². The van der Waals surface area contributed by atoms with Gasteiger partial charge in [0.1, 0.15) is 5.75 Å². The third-order valence-electron chi connectivity index (χ3n) is 3.15. The molecule has 0 aliphatic carbocycles. The highest BCUT2D eigenvalue weighted by atomic mass is 79.9. The second-order valence-electron chi connectivity index (χ2n) is 4.81. The Hall–Kier alpha value is -1.86. The normalized spacial score (nSPS) is 11.8. The first-order chi connectivity index (χ1) is 10.3. The van der Waals surface area contributed by atoms with Crippen LogP contribution in [0.25, 0.3) is 0 Å². The molecule has 2 aromatic rings. The van der Waals surface area contributed by atoms with Crippen molar-refractivity contribution in [1.29, 1.82) is 0 Å². The first-order valence-corrected chi connectivity index (χ1v) is 8.68. The number of hydrazone groups is 1. The Morgan fingerprint density at radius 2 is 1.86 bits per heavy atom. The van der Waals surface area contributed by atoms with Gasteiger partial charge in [-0.15, -0.1) is 0 Å². The van der Waals surface area contributed by atoms with E-state index in [1.54, 1.807) is 24.3 Å². The molecule has 116 valence electrons. The molecule has 0 saturated carbocycles. The lowest BCUT2D eigenvalue weighted by molar-refractivity contribution is 0.472. The van der Waals surface area contributed by atoms with Crippen LogP contribution in [0.5, 0.6) is 5.75 Å². The molecule has 7 heteroatoms. The molecule has 0 spiro atoms. The molecule has 0 atom stereocenters. The Kier molecular flexibility index (Phi) is 4.87. The average Bonchev–Trinajstić information content (AvgIpc) is 2.45. The van der Waals surface area contributed by atoms with E-state index in [-0.39, 0.29) is 10.6 Å². The Balaban J connectivity index is 2.16. The second kappa shape index (κ2) is 6.50. The van der Waals surface area contributed by atoms with Crippen molar-refractivity contribution in [3.8, 4) is 5.75 Å². The fraction of sp³-hybridized carbons (Fsp3) is 0.133. The molecule has 2 N–H and O–H groups in total. The molecule has 0 saturated heterocycles. The van der Waals surface area contributed by atoms with Crippen molar-refractivity contribution in [1.82, 2.24) is 4.83 Å².